The van der Waals surface area contributed by atoms with Crippen molar-refractivity contribution in [1.29, 1.82) is 0 Å². The number of hydrogen-bond donors (Lipinski definition) is 0. The van der Waals surface area contributed by atoms with Crippen LogP contribution in [0.1, 0.15) is 0 Å². The Morgan fingerprint density at radius 1 is 0.383 bits per heavy atom. The highest BCUT2D eigenvalue weighted by Crippen LogP contribution is 2.40. The van der Waals surface area contributed by atoms with E-state index in [0.717, 1.165) is 83.6 Å². The lowest BCUT2D eigenvalue weighted by atomic mass is 9.97. The number of hydrogen-bond acceptors (Lipinski definition) is 3. The van der Waals surface area contributed by atoms with Crippen molar-refractivity contribution in [2.45, 2.75) is 0 Å². The van der Waals surface area contributed by atoms with Crippen LogP contribution in [0.15, 0.2) is 170 Å². The van der Waals surface area contributed by atoms with Gasteiger partial charge in [0.15, 0.2) is 0 Å². The third kappa shape index (κ3) is 4.66. The molecule has 220 valence electrons. The van der Waals surface area contributed by atoms with Crippen molar-refractivity contribution in [2.75, 3.05) is 0 Å². The van der Waals surface area contributed by atoms with E-state index in [1.165, 1.54) is 0 Å². The molecule has 3 aromatic heterocycles. The summed E-state index contributed by atoms with van der Waals surface area (Å²) in [5, 5.41) is 3.30. The molecular weight excluding hydrogens is 573 g/mol. The Labute approximate surface area is 272 Å². The molecular formula is C43H28N4. The van der Waals surface area contributed by atoms with E-state index in [9.17, 15) is 0 Å². The van der Waals surface area contributed by atoms with E-state index >= 15 is 0 Å². The van der Waals surface area contributed by atoms with E-state index < -0.39 is 0 Å². The van der Waals surface area contributed by atoms with Crippen molar-refractivity contribution in [1.82, 2.24) is 19.5 Å². The Morgan fingerprint density at radius 2 is 0.979 bits per heavy atom. The summed E-state index contributed by atoms with van der Waals surface area (Å²) in [6.45, 7) is 0. The molecule has 0 fully saturated rings. The number of aromatic nitrogens is 4. The fourth-order valence-corrected chi connectivity index (χ4v) is 6.58. The highest BCUT2D eigenvalue weighted by Gasteiger charge is 2.20. The number of para-hydroxylation sites is 2. The first kappa shape index (κ1) is 27.0. The molecule has 0 aliphatic carbocycles. The smallest absolute Gasteiger partial charge is 0.145 e. The molecule has 47 heavy (non-hydrogen) atoms. The number of nitrogens with zero attached hydrogens (tertiary/aromatic N) is 4. The van der Waals surface area contributed by atoms with E-state index in [1.54, 1.807) is 0 Å². The predicted molar refractivity (Wildman–Crippen MR) is 193 cm³/mol. The number of pyridine rings is 2. The summed E-state index contributed by atoms with van der Waals surface area (Å²) in [6, 6.07) is 58.8. The van der Waals surface area contributed by atoms with Gasteiger partial charge < -0.3 is 0 Å². The van der Waals surface area contributed by atoms with Gasteiger partial charge in [-0.3, -0.25) is 4.57 Å². The summed E-state index contributed by atoms with van der Waals surface area (Å²) in [4.78, 5) is 15.7. The molecule has 0 N–H and O–H groups in total. The van der Waals surface area contributed by atoms with E-state index in [2.05, 4.69) is 144 Å². The normalized spacial score (nSPS) is 11.4. The quantitative estimate of drug-likeness (QED) is 0.185. The van der Waals surface area contributed by atoms with Gasteiger partial charge in [0.25, 0.3) is 0 Å². The maximum atomic E-state index is 5.40. The molecule has 0 radical (unpaired) electrons. The molecule has 0 aliphatic heterocycles. The van der Waals surface area contributed by atoms with Crippen molar-refractivity contribution < 1.29 is 0 Å². The molecule has 0 bridgehead atoms. The molecule has 9 rings (SSSR count). The SMILES string of the molecule is c1ccc(-c2cccc(-c3ccc(-c4nc5ccccc5c5ccc6c(nc(-c7ccccc7)n6-c6ccccc6)c45)cc3)n2)cc1. The summed E-state index contributed by atoms with van der Waals surface area (Å²) < 4.78 is 2.26. The van der Waals surface area contributed by atoms with Gasteiger partial charge in [0, 0.05) is 38.7 Å². The van der Waals surface area contributed by atoms with Crippen molar-refractivity contribution in [3.63, 3.8) is 0 Å². The first-order valence-corrected chi connectivity index (χ1v) is 15.8. The van der Waals surface area contributed by atoms with Crippen LogP contribution < -0.4 is 0 Å². The molecule has 6 aromatic carbocycles. The van der Waals surface area contributed by atoms with E-state index in [4.69, 9.17) is 15.0 Å². The zero-order chi connectivity index (χ0) is 31.2. The fraction of sp³-hybridized carbons (Fsp3) is 0. The highest BCUT2D eigenvalue weighted by molar-refractivity contribution is 6.20. The van der Waals surface area contributed by atoms with Crippen LogP contribution >= 0.6 is 0 Å². The second kappa shape index (κ2) is 11.2. The van der Waals surface area contributed by atoms with Gasteiger partial charge in [-0.1, -0.05) is 133 Å². The maximum absolute atomic E-state index is 5.40. The molecule has 0 saturated carbocycles. The first-order valence-electron chi connectivity index (χ1n) is 15.8. The van der Waals surface area contributed by atoms with Crippen molar-refractivity contribution in [2.24, 2.45) is 0 Å². The molecule has 0 unspecified atom stereocenters. The van der Waals surface area contributed by atoms with Crippen molar-refractivity contribution in [3.05, 3.63) is 170 Å². The molecule has 0 spiro atoms. The zero-order valence-corrected chi connectivity index (χ0v) is 25.5. The monoisotopic (exact) mass is 600 g/mol. The summed E-state index contributed by atoms with van der Waals surface area (Å²) in [5.41, 5.74) is 11.1. The average Bonchev–Trinajstić information content (AvgIpc) is 3.56. The maximum Gasteiger partial charge on any atom is 0.145 e. The van der Waals surface area contributed by atoms with Crippen LogP contribution in [0.3, 0.4) is 0 Å². The average molecular weight is 601 g/mol. The standard InChI is InChI=1S/C43H28N4/c1-4-13-29(14-5-1)36-21-12-22-37(44-36)30-23-25-31(26-24-30)41-40-35(34-19-10-11-20-38(34)45-41)27-28-39-42(40)46-43(32-15-6-2-7-16-32)47(39)33-17-8-3-9-18-33/h1-28H. The number of fused-ring (bicyclic) bond motifs is 5. The largest absolute Gasteiger partial charge is 0.292 e. The Kier molecular flexibility index (Phi) is 6.43. The van der Waals surface area contributed by atoms with E-state index in [-0.39, 0.29) is 0 Å². The molecule has 4 nitrogen and oxygen atoms in total. The van der Waals surface area contributed by atoms with Gasteiger partial charge in [0.05, 0.1) is 33.6 Å². The molecule has 0 saturated heterocycles. The van der Waals surface area contributed by atoms with Gasteiger partial charge in [-0.15, -0.1) is 0 Å². The number of imidazole rings is 1. The Bertz CT molecular complexity index is 2540. The minimum absolute atomic E-state index is 0.901. The van der Waals surface area contributed by atoms with Crippen LogP contribution in [-0.2, 0) is 0 Å². The van der Waals surface area contributed by atoms with Gasteiger partial charge in [0.2, 0.25) is 0 Å². The second-order valence-electron chi connectivity index (χ2n) is 11.7. The molecule has 0 amide bonds. The highest BCUT2D eigenvalue weighted by atomic mass is 15.1. The Balaban J connectivity index is 1.27. The zero-order valence-electron chi connectivity index (χ0n) is 25.5. The first-order chi connectivity index (χ1) is 23.3. The van der Waals surface area contributed by atoms with Crippen LogP contribution in [0.25, 0.3) is 83.6 Å². The van der Waals surface area contributed by atoms with E-state index in [1.807, 2.05) is 30.3 Å². The van der Waals surface area contributed by atoms with Crippen molar-refractivity contribution >= 4 is 32.7 Å². The van der Waals surface area contributed by atoms with Crippen LogP contribution in [-0.4, -0.2) is 19.5 Å². The lowest BCUT2D eigenvalue weighted by Crippen LogP contribution is -1.97. The second-order valence-corrected chi connectivity index (χ2v) is 11.7. The minimum atomic E-state index is 0.901. The fourth-order valence-electron chi connectivity index (χ4n) is 6.58. The minimum Gasteiger partial charge on any atom is -0.292 e. The number of rotatable bonds is 5. The van der Waals surface area contributed by atoms with E-state index in [0.29, 0.717) is 0 Å². The third-order valence-corrected chi connectivity index (χ3v) is 8.81. The predicted octanol–water partition coefficient (Wildman–Crippen LogP) is 10.8. The van der Waals surface area contributed by atoms with Gasteiger partial charge in [0.1, 0.15) is 5.82 Å². The Hall–Kier alpha value is -6.39. The molecule has 4 heteroatoms. The van der Waals surface area contributed by atoms with Crippen LogP contribution in [0.5, 0.6) is 0 Å². The third-order valence-electron chi connectivity index (χ3n) is 8.81. The Morgan fingerprint density at radius 3 is 1.70 bits per heavy atom. The molecule has 9 aromatic rings. The summed E-state index contributed by atoms with van der Waals surface area (Å²) in [5.74, 6) is 0.901. The molecule has 3 heterocycles. The van der Waals surface area contributed by atoms with Gasteiger partial charge in [-0.05, 0) is 41.8 Å². The van der Waals surface area contributed by atoms with Gasteiger partial charge in [-0.25, -0.2) is 15.0 Å². The summed E-state index contributed by atoms with van der Waals surface area (Å²) in [7, 11) is 0. The summed E-state index contributed by atoms with van der Waals surface area (Å²) >= 11 is 0. The lowest BCUT2D eigenvalue weighted by Gasteiger charge is -2.13. The molecule has 0 aliphatic rings. The number of benzene rings is 6. The van der Waals surface area contributed by atoms with Crippen LogP contribution in [0, 0.1) is 0 Å². The van der Waals surface area contributed by atoms with Gasteiger partial charge in [-0.2, -0.15) is 0 Å². The van der Waals surface area contributed by atoms with Crippen LogP contribution in [0.4, 0.5) is 0 Å². The summed E-state index contributed by atoms with van der Waals surface area (Å²) in [6.07, 6.45) is 0. The molecule has 0 atom stereocenters. The van der Waals surface area contributed by atoms with Crippen molar-refractivity contribution in [3.8, 4) is 50.8 Å². The lowest BCUT2D eigenvalue weighted by molar-refractivity contribution is 1.10. The van der Waals surface area contributed by atoms with Crippen LogP contribution in [0.2, 0.25) is 0 Å². The topological polar surface area (TPSA) is 43.6 Å². The van der Waals surface area contributed by atoms with Gasteiger partial charge >= 0.3 is 0 Å².